The number of fused-ring (bicyclic) bond motifs is 1. The Labute approximate surface area is 173 Å². The van der Waals surface area contributed by atoms with Crippen LogP contribution >= 0.6 is 11.3 Å². The van der Waals surface area contributed by atoms with Crippen molar-refractivity contribution in [1.82, 2.24) is 4.98 Å². The van der Waals surface area contributed by atoms with E-state index >= 15 is 0 Å². The third-order valence-electron chi connectivity index (χ3n) is 4.72. The smallest absolute Gasteiger partial charge is 0.260 e. The number of nitrogens with zero attached hydrogens (tertiary/aromatic N) is 2. The molecule has 4 rings (SSSR count). The molecule has 0 N–H and O–H groups in total. The van der Waals surface area contributed by atoms with Gasteiger partial charge in [0.2, 0.25) is 0 Å². The zero-order valence-corrected chi connectivity index (χ0v) is 17.2. The second-order valence-electron chi connectivity index (χ2n) is 7.32. The minimum Gasteiger partial charge on any atom is -0.491 e. The molecule has 2 heterocycles. The lowest BCUT2D eigenvalue weighted by molar-refractivity contribution is 0.0917. The van der Waals surface area contributed by atoms with Gasteiger partial charge in [-0.3, -0.25) is 9.69 Å². The highest BCUT2D eigenvalue weighted by Gasteiger charge is 2.27. The van der Waals surface area contributed by atoms with Crippen molar-refractivity contribution >= 4 is 32.6 Å². The fourth-order valence-corrected chi connectivity index (χ4v) is 4.35. The van der Waals surface area contributed by atoms with Crippen molar-refractivity contribution in [2.24, 2.45) is 0 Å². The van der Waals surface area contributed by atoms with Crippen LogP contribution in [0.15, 0.2) is 42.5 Å². The summed E-state index contributed by atoms with van der Waals surface area (Å²) in [5.74, 6) is 0.144. The SMILES string of the molecule is CC(C)Oc1ccc(C(=O)N(CC2CCCO2)c2nc3c(F)cccc3s2)cc1. The first-order valence-corrected chi connectivity index (χ1v) is 10.6. The Hall–Kier alpha value is -2.51. The molecule has 0 bridgehead atoms. The molecule has 3 aromatic rings. The van der Waals surface area contributed by atoms with E-state index in [2.05, 4.69) is 4.98 Å². The highest BCUT2D eigenvalue weighted by atomic mass is 32.1. The summed E-state index contributed by atoms with van der Waals surface area (Å²) in [6, 6.07) is 11.9. The van der Waals surface area contributed by atoms with Crippen LogP contribution < -0.4 is 9.64 Å². The van der Waals surface area contributed by atoms with E-state index in [1.54, 1.807) is 35.2 Å². The number of aromatic nitrogens is 1. The molecule has 1 saturated heterocycles. The lowest BCUT2D eigenvalue weighted by Crippen LogP contribution is -2.37. The summed E-state index contributed by atoms with van der Waals surface area (Å²) >= 11 is 1.31. The number of para-hydroxylation sites is 1. The predicted octanol–water partition coefficient (Wildman–Crippen LogP) is 5.05. The zero-order valence-electron chi connectivity index (χ0n) is 16.4. The largest absolute Gasteiger partial charge is 0.491 e. The number of rotatable bonds is 6. The van der Waals surface area contributed by atoms with Gasteiger partial charge in [0.15, 0.2) is 5.13 Å². The van der Waals surface area contributed by atoms with Crippen LogP contribution in [0.5, 0.6) is 5.75 Å². The van der Waals surface area contributed by atoms with Crippen molar-refractivity contribution in [3.05, 3.63) is 53.8 Å². The van der Waals surface area contributed by atoms with Crippen molar-refractivity contribution in [3.8, 4) is 5.75 Å². The highest BCUT2D eigenvalue weighted by Crippen LogP contribution is 2.32. The minimum absolute atomic E-state index is 0.0423. The molecular formula is C22H23FN2O3S. The molecule has 29 heavy (non-hydrogen) atoms. The number of thiazole rings is 1. The molecule has 1 aliphatic heterocycles. The molecule has 7 heteroatoms. The number of amides is 1. The first-order valence-electron chi connectivity index (χ1n) is 9.76. The van der Waals surface area contributed by atoms with Crippen molar-refractivity contribution in [1.29, 1.82) is 0 Å². The summed E-state index contributed by atoms with van der Waals surface area (Å²) in [4.78, 5) is 19.4. The lowest BCUT2D eigenvalue weighted by Gasteiger charge is -2.23. The minimum atomic E-state index is -0.385. The summed E-state index contributed by atoms with van der Waals surface area (Å²) in [6.07, 6.45) is 1.89. The molecule has 1 amide bonds. The molecule has 1 fully saturated rings. The Morgan fingerprint density at radius 3 is 2.76 bits per heavy atom. The first-order chi connectivity index (χ1) is 14.0. The normalized spacial score (nSPS) is 16.5. The summed E-state index contributed by atoms with van der Waals surface area (Å²) < 4.78 is 26.3. The molecule has 1 aliphatic rings. The molecule has 5 nitrogen and oxygen atoms in total. The fourth-order valence-electron chi connectivity index (χ4n) is 3.36. The number of benzene rings is 2. The van der Waals surface area contributed by atoms with E-state index in [4.69, 9.17) is 9.47 Å². The van der Waals surface area contributed by atoms with Gasteiger partial charge in [-0.1, -0.05) is 17.4 Å². The molecule has 0 spiro atoms. The molecule has 1 unspecified atom stereocenters. The van der Waals surface area contributed by atoms with Crippen LogP contribution in [-0.4, -0.2) is 36.3 Å². The zero-order chi connectivity index (χ0) is 20.4. The summed E-state index contributed by atoms with van der Waals surface area (Å²) in [5, 5.41) is 0.480. The molecule has 152 valence electrons. The monoisotopic (exact) mass is 414 g/mol. The van der Waals surface area contributed by atoms with E-state index in [1.807, 2.05) is 19.9 Å². The van der Waals surface area contributed by atoms with Crippen LogP contribution in [0.3, 0.4) is 0 Å². The maximum absolute atomic E-state index is 14.1. The van der Waals surface area contributed by atoms with Crippen LogP contribution in [0.4, 0.5) is 9.52 Å². The summed E-state index contributed by atoms with van der Waals surface area (Å²) in [5.41, 5.74) is 0.817. The van der Waals surface area contributed by atoms with Crippen molar-refractivity contribution in [3.63, 3.8) is 0 Å². The van der Waals surface area contributed by atoms with Crippen LogP contribution in [0.2, 0.25) is 0 Å². The van der Waals surface area contributed by atoms with Crippen molar-refractivity contribution in [2.45, 2.75) is 38.9 Å². The van der Waals surface area contributed by atoms with E-state index in [0.717, 1.165) is 12.8 Å². The van der Waals surface area contributed by atoms with Crippen molar-refractivity contribution in [2.75, 3.05) is 18.1 Å². The third-order valence-corrected chi connectivity index (χ3v) is 5.76. The number of halogens is 1. The Morgan fingerprint density at radius 2 is 2.10 bits per heavy atom. The van der Waals surface area contributed by atoms with Gasteiger partial charge in [-0.25, -0.2) is 9.37 Å². The van der Waals surface area contributed by atoms with Crippen LogP contribution in [0.1, 0.15) is 37.0 Å². The number of carbonyl (C=O) groups is 1. The number of carbonyl (C=O) groups excluding carboxylic acids is 1. The molecular weight excluding hydrogens is 391 g/mol. The topological polar surface area (TPSA) is 51.7 Å². The number of ether oxygens (including phenoxy) is 2. The van der Waals surface area contributed by atoms with E-state index < -0.39 is 0 Å². The molecule has 1 atom stereocenters. The van der Waals surface area contributed by atoms with Gasteiger partial charge >= 0.3 is 0 Å². The Balaban J connectivity index is 1.65. The molecule has 0 radical (unpaired) electrons. The average molecular weight is 415 g/mol. The van der Waals surface area contributed by atoms with Gasteiger partial charge in [-0.2, -0.15) is 0 Å². The van der Waals surface area contributed by atoms with E-state index in [0.29, 0.717) is 39.8 Å². The van der Waals surface area contributed by atoms with Crippen LogP contribution in [-0.2, 0) is 4.74 Å². The average Bonchev–Trinajstić information content (AvgIpc) is 3.36. The quantitative estimate of drug-likeness (QED) is 0.566. The van der Waals surface area contributed by atoms with E-state index in [9.17, 15) is 9.18 Å². The predicted molar refractivity (Wildman–Crippen MR) is 112 cm³/mol. The van der Waals surface area contributed by atoms with Crippen molar-refractivity contribution < 1.29 is 18.7 Å². The van der Waals surface area contributed by atoms with E-state index in [1.165, 1.54) is 17.4 Å². The van der Waals surface area contributed by atoms with Crippen LogP contribution in [0, 0.1) is 5.82 Å². The van der Waals surface area contributed by atoms with Gasteiger partial charge in [0.1, 0.15) is 17.1 Å². The first kappa shape index (κ1) is 19.8. The van der Waals surface area contributed by atoms with Gasteiger partial charge in [-0.05, 0) is 63.1 Å². The number of hydrogen-bond donors (Lipinski definition) is 0. The van der Waals surface area contributed by atoms with Gasteiger partial charge in [-0.15, -0.1) is 0 Å². The van der Waals surface area contributed by atoms with Crippen LogP contribution in [0.25, 0.3) is 10.2 Å². The lowest BCUT2D eigenvalue weighted by atomic mass is 10.1. The van der Waals surface area contributed by atoms with Gasteiger partial charge in [0, 0.05) is 12.2 Å². The Bertz CT molecular complexity index is 997. The summed E-state index contributed by atoms with van der Waals surface area (Å²) in [6.45, 7) is 5.00. The van der Waals surface area contributed by atoms with E-state index in [-0.39, 0.29) is 23.9 Å². The standard InChI is InChI=1S/C22H23FN2O3S/c1-14(2)28-16-10-8-15(9-11-16)21(26)25(13-17-5-4-12-27-17)22-24-20-18(23)6-3-7-19(20)29-22/h3,6-11,14,17H,4-5,12-13H2,1-2H3. The Kier molecular flexibility index (Phi) is 5.78. The summed E-state index contributed by atoms with van der Waals surface area (Å²) in [7, 11) is 0. The molecule has 0 aliphatic carbocycles. The molecule has 1 aromatic heterocycles. The second kappa shape index (κ2) is 8.47. The molecule has 0 saturated carbocycles. The third kappa shape index (κ3) is 4.41. The highest BCUT2D eigenvalue weighted by molar-refractivity contribution is 7.22. The van der Waals surface area contributed by atoms with Gasteiger partial charge in [0.25, 0.3) is 5.91 Å². The molecule has 2 aromatic carbocycles. The second-order valence-corrected chi connectivity index (χ2v) is 8.33. The number of hydrogen-bond acceptors (Lipinski definition) is 5. The maximum Gasteiger partial charge on any atom is 0.260 e. The Morgan fingerprint density at radius 1 is 1.31 bits per heavy atom. The number of anilines is 1. The van der Waals surface area contributed by atoms with Gasteiger partial charge < -0.3 is 9.47 Å². The van der Waals surface area contributed by atoms with Gasteiger partial charge in [0.05, 0.1) is 23.5 Å². The fraction of sp³-hybridized carbons (Fsp3) is 0.364. The maximum atomic E-state index is 14.1.